The number of ether oxygens (including phenoxy) is 2. The van der Waals surface area contributed by atoms with Gasteiger partial charge in [0.25, 0.3) is 0 Å². The van der Waals surface area contributed by atoms with E-state index in [1.807, 2.05) is 13.1 Å². The minimum absolute atomic E-state index is 0.267. The molecule has 3 rings (SSSR count). The van der Waals surface area contributed by atoms with E-state index in [1.54, 1.807) is 0 Å². The molecule has 1 spiro atoms. The van der Waals surface area contributed by atoms with Gasteiger partial charge in [-0.3, -0.25) is 0 Å². The Balaban J connectivity index is 1.68. The number of hydrogen-bond acceptors (Lipinski definition) is 4. The third-order valence-electron chi connectivity index (χ3n) is 4.01. The standard InChI is InChI=1S/C14H20N2O2/c1-15-13-4-2-3-12(16-13)11-5-7-14(8-6-11)17-9-10-18-14/h2-4,11H,5-10H2,1H3,(H,15,16). The highest BCUT2D eigenvalue weighted by atomic mass is 16.7. The summed E-state index contributed by atoms with van der Waals surface area (Å²) in [6.45, 7) is 1.50. The van der Waals surface area contributed by atoms with E-state index in [-0.39, 0.29) is 5.79 Å². The fourth-order valence-corrected chi connectivity index (χ4v) is 2.96. The van der Waals surface area contributed by atoms with E-state index in [0.29, 0.717) is 5.92 Å². The van der Waals surface area contributed by atoms with Gasteiger partial charge in [-0.1, -0.05) is 6.07 Å². The van der Waals surface area contributed by atoms with Crippen molar-refractivity contribution in [2.24, 2.45) is 0 Å². The zero-order valence-corrected chi connectivity index (χ0v) is 10.8. The van der Waals surface area contributed by atoms with Crippen molar-refractivity contribution in [2.75, 3.05) is 25.6 Å². The monoisotopic (exact) mass is 248 g/mol. The zero-order chi connectivity index (χ0) is 12.4. The van der Waals surface area contributed by atoms with Gasteiger partial charge in [-0.15, -0.1) is 0 Å². The van der Waals surface area contributed by atoms with Gasteiger partial charge in [0.2, 0.25) is 0 Å². The molecule has 2 heterocycles. The lowest BCUT2D eigenvalue weighted by Gasteiger charge is -2.35. The summed E-state index contributed by atoms with van der Waals surface area (Å²) >= 11 is 0. The van der Waals surface area contributed by atoms with Crippen molar-refractivity contribution >= 4 is 5.82 Å². The Kier molecular flexibility index (Phi) is 3.22. The van der Waals surface area contributed by atoms with E-state index in [2.05, 4.69) is 22.4 Å². The summed E-state index contributed by atoms with van der Waals surface area (Å²) in [7, 11) is 1.90. The van der Waals surface area contributed by atoms with Crippen LogP contribution >= 0.6 is 0 Å². The first-order valence-corrected chi connectivity index (χ1v) is 6.74. The van der Waals surface area contributed by atoms with E-state index >= 15 is 0 Å². The average molecular weight is 248 g/mol. The molecule has 1 saturated carbocycles. The molecular formula is C14H20N2O2. The lowest BCUT2D eigenvalue weighted by Crippen LogP contribution is -2.34. The van der Waals surface area contributed by atoms with E-state index in [1.165, 1.54) is 5.69 Å². The summed E-state index contributed by atoms with van der Waals surface area (Å²) in [5.41, 5.74) is 1.19. The maximum absolute atomic E-state index is 5.76. The summed E-state index contributed by atoms with van der Waals surface area (Å²) in [4.78, 5) is 4.64. The Bertz CT molecular complexity index is 406. The minimum atomic E-state index is -0.267. The molecule has 0 unspecified atom stereocenters. The van der Waals surface area contributed by atoms with Crippen LogP contribution in [0, 0.1) is 0 Å². The van der Waals surface area contributed by atoms with E-state index in [9.17, 15) is 0 Å². The number of rotatable bonds is 2. The molecule has 2 aliphatic rings. The van der Waals surface area contributed by atoms with Crippen LogP contribution in [-0.4, -0.2) is 31.0 Å². The molecule has 18 heavy (non-hydrogen) atoms. The first-order valence-electron chi connectivity index (χ1n) is 6.74. The van der Waals surface area contributed by atoms with Gasteiger partial charge in [0.15, 0.2) is 5.79 Å². The highest BCUT2D eigenvalue weighted by Gasteiger charge is 2.40. The number of hydrogen-bond donors (Lipinski definition) is 1. The molecule has 1 aliphatic heterocycles. The maximum atomic E-state index is 5.76. The largest absolute Gasteiger partial charge is 0.373 e. The minimum Gasteiger partial charge on any atom is -0.373 e. The van der Waals surface area contributed by atoms with Crippen molar-refractivity contribution in [1.29, 1.82) is 0 Å². The first-order chi connectivity index (χ1) is 8.81. The summed E-state index contributed by atoms with van der Waals surface area (Å²) in [6.07, 6.45) is 4.17. The smallest absolute Gasteiger partial charge is 0.168 e. The molecule has 0 atom stereocenters. The molecule has 0 aromatic carbocycles. The van der Waals surface area contributed by atoms with Gasteiger partial charge in [-0.25, -0.2) is 4.98 Å². The van der Waals surface area contributed by atoms with Crippen LogP contribution in [0.1, 0.15) is 37.3 Å². The van der Waals surface area contributed by atoms with Crippen molar-refractivity contribution < 1.29 is 9.47 Å². The quantitative estimate of drug-likeness (QED) is 0.873. The van der Waals surface area contributed by atoms with Gasteiger partial charge in [0, 0.05) is 31.5 Å². The SMILES string of the molecule is CNc1cccc(C2CCC3(CC2)OCCO3)n1. The fourth-order valence-electron chi connectivity index (χ4n) is 2.96. The maximum Gasteiger partial charge on any atom is 0.168 e. The molecule has 4 nitrogen and oxygen atoms in total. The molecule has 1 N–H and O–H groups in total. The van der Waals surface area contributed by atoms with Crippen molar-refractivity contribution in [3.8, 4) is 0 Å². The number of nitrogens with zero attached hydrogens (tertiary/aromatic N) is 1. The lowest BCUT2D eigenvalue weighted by atomic mass is 9.83. The Morgan fingerprint density at radius 3 is 2.61 bits per heavy atom. The number of pyridine rings is 1. The van der Waals surface area contributed by atoms with E-state index in [0.717, 1.165) is 44.7 Å². The van der Waals surface area contributed by atoms with Crippen molar-refractivity contribution in [3.63, 3.8) is 0 Å². The Morgan fingerprint density at radius 1 is 1.22 bits per heavy atom. The number of aromatic nitrogens is 1. The molecular weight excluding hydrogens is 228 g/mol. The average Bonchev–Trinajstić information content (AvgIpc) is 2.88. The topological polar surface area (TPSA) is 43.4 Å². The third-order valence-corrected chi connectivity index (χ3v) is 4.01. The van der Waals surface area contributed by atoms with Gasteiger partial charge in [-0.05, 0) is 25.0 Å². The molecule has 1 aromatic heterocycles. The van der Waals surface area contributed by atoms with Crippen LogP contribution in [0.25, 0.3) is 0 Å². The van der Waals surface area contributed by atoms with Crippen LogP contribution in [0.3, 0.4) is 0 Å². The molecule has 98 valence electrons. The van der Waals surface area contributed by atoms with Crippen molar-refractivity contribution in [1.82, 2.24) is 4.98 Å². The number of nitrogens with one attached hydrogen (secondary N) is 1. The molecule has 1 aliphatic carbocycles. The van der Waals surface area contributed by atoms with Crippen LogP contribution < -0.4 is 5.32 Å². The third kappa shape index (κ3) is 2.22. The van der Waals surface area contributed by atoms with Gasteiger partial charge in [0.05, 0.1) is 13.2 Å². The molecule has 2 fully saturated rings. The van der Waals surface area contributed by atoms with Gasteiger partial charge >= 0.3 is 0 Å². The van der Waals surface area contributed by atoms with Crippen molar-refractivity contribution in [2.45, 2.75) is 37.4 Å². The molecule has 1 aromatic rings. The second kappa shape index (κ2) is 4.86. The highest BCUT2D eigenvalue weighted by molar-refractivity contribution is 5.35. The number of anilines is 1. The van der Waals surface area contributed by atoms with Gasteiger partial charge in [-0.2, -0.15) is 0 Å². The van der Waals surface area contributed by atoms with E-state index < -0.39 is 0 Å². The molecule has 0 radical (unpaired) electrons. The summed E-state index contributed by atoms with van der Waals surface area (Å²) < 4.78 is 11.5. The Labute approximate surface area is 108 Å². The van der Waals surface area contributed by atoms with Gasteiger partial charge in [0.1, 0.15) is 5.82 Å². The van der Waals surface area contributed by atoms with Crippen LogP contribution in [0.4, 0.5) is 5.82 Å². The van der Waals surface area contributed by atoms with Crippen LogP contribution in [0.5, 0.6) is 0 Å². The Morgan fingerprint density at radius 2 is 1.94 bits per heavy atom. The van der Waals surface area contributed by atoms with Gasteiger partial charge < -0.3 is 14.8 Å². The second-order valence-electron chi connectivity index (χ2n) is 5.08. The molecule has 0 bridgehead atoms. The Hall–Kier alpha value is -1.13. The molecule has 4 heteroatoms. The van der Waals surface area contributed by atoms with Crippen LogP contribution in [0.15, 0.2) is 18.2 Å². The lowest BCUT2D eigenvalue weighted by molar-refractivity contribution is -0.178. The van der Waals surface area contributed by atoms with Crippen LogP contribution in [-0.2, 0) is 9.47 Å². The van der Waals surface area contributed by atoms with E-state index in [4.69, 9.17) is 9.47 Å². The molecule has 0 amide bonds. The summed E-state index contributed by atoms with van der Waals surface area (Å²) in [5.74, 6) is 1.22. The van der Waals surface area contributed by atoms with Crippen LogP contribution in [0.2, 0.25) is 0 Å². The van der Waals surface area contributed by atoms with Crippen molar-refractivity contribution in [3.05, 3.63) is 23.9 Å². The predicted octanol–water partition coefficient (Wildman–Crippen LogP) is 2.52. The highest BCUT2D eigenvalue weighted by Crippen LogP contribution is 2.41. The normalized spacial score (nSPS) is 23.4. The molecule has 1 saturated heterocycles. The summed E-state index contributed by atoms with van der Waals surface area (Å²) in [6, 6.07) is 6.19. The first kappa shape index (κ1) is 11.9. The summed E-state index contributed by atoms with van der Waals surface area (Å²) in [5, 5.41) is 3.09. The zero-order valence-electron chi connectivity index (χ0n) is 10.8. The second-order valence-corrected chi connectivity index (χ2v) is 5.08. The fraction of sp³-hybridized carbons (Fsp3) is 0.643. The predicted molar refractivity (Wildman–Crippen MR) is 69.6 cm³/mol.